The van der Waals surface area contributed by atoms with Crippen LogP contribution >= 0.6 is 0 Å². The van der Waals surface area contributed by atoms with Gasteiger partial charge in [-0.3, -0.25) is 4.90 Å². The molecule has 1 aliphatic rings. The lowest BCUT2D eigenvalue weighted by Crippen LogP contribution is -2.34. The Labute approximate surface area is 115 Å². The van der Waals surface area contributed by atoms with E-state index in [-0.39, 0.29) is 12.0 Å². The summed E-state index contributed by atoms with van der Waals surface area (Å²) in [6, 6.07) is 4.51. The Morgan fingerprint density at radius 3 is 2.21 bits per heavy atom. The highest BCUT2D eigenvalue weighted by molar-refractivity contribution is 5.78. The van der Waals surface area contributed by atoms with Crippen molar-refractivity contribution in [3.63, 3.8) is 0 Å². The zero-order chi connectivity index (χ0) is 14.2. The van der Waals surface area contributed by atoms with Crippen LogP contribution in [0.5, 0.6) is 0 Å². The van der Waals surface area contributed by atoms with Crippen LogP contribution in [0.1, 0.15) is 41.1 Å². The number of benzene rings is 1. The summed E-state index contributed by atoms with van der Waals surface area (Å²) in [4.78, 5) is 14.4. The second-order valence-electron chi connectivity index (χ2n) is 5.63. The number of nitrogens with zero attached hydrogens (tertiary/aromatic N) is 1. The summed E-state index contributed by atoms with van der Waals surface area (Å²) in [7, 11) is 3.49. The number of ether oxygens (including phenoxy) is 1. The maximum atomic E-state index is 12.2. The Balaban J connectivity index is 2.45. The second-order valence-corrected chi connectivity index (χ2v) is 5.63. The third-order valence-corrected chi connectivity index (χ3v) is 3.97. The number of esters is 1. The number of hydrogen-bond acceptors (Lipinski definition) is 3. The van der Waals surface area contributed by atoms with Crippen molar-refractivity contribution in [3.05, 3.63) is 34.4 Å². The Hall–Kier alpha value is -1.35. The van der Waals surface area contributed by atoms with E-state index < -0.39 is 0 Å². The summed E-state index contributed by atoms with van der Waals surface area (Å²) >= 11 is 0. The molecule has 1 atom stereocenters. The number of likely N-dealkylation sites (N-methyl/N-ethyl adjacent to an activating group) is 1. The van der Waals surface area contributed by atoms with Gasteiger partial charge in [-0.15, -0.1) is 0 Å². The van der Waals surface area contributed by atoms with Gasteiger partial charge in [-0.05, 0) is 57.4 Å². The molecule has 1 aromatic carbocycles. The van der Waals surface area contributed by atoms with Gasteiger partial charge in [0, 0.05) is 6.04 Å². The maximum Gasteiger partial charge on any atom is 0.327 e. The maximum absolute atomic E-state index is 12.2. The molecule has 0 saturated heterocycles. The predicted molar refractivity (Wildman–Crippen MR) is 76.2 cm³/mol. The molecule has 3 heteroatoms. The Bertz CT molecular complexity index is 469. The predicted octanol–water partition coefficient (Wildman–Crippen LogP) is 2.92. The fraction of sp³-hybridized carbons (Fsp3) is 0.562. The first kappa shape index (κ1) is 14.1. The van der Waals surface area contributed by atoms with Gasteiger partial charge in [-0.25, -0.2) is 4.79 Å². The van der Waals surface area contributed by atoms with E-state index in [0.29, 0.717) is 6.04 Å². The van der Waals surface area contributed by atoms with E-state index in [4.69, 9.17) is 4.74 Å². The van der Waals surface area contributed by atoms with Gasteiger partial charge in [0.25, 0.3) is 0 Å². The molecule has 0 spiro atoms. The highest BCUT2D eigenvalue weighted by Gasteiger charge is 2.37. The van der Waals surface area contributed by atoms with Crippen LogP contribution in [0.15, 0.2) is 12.1 Å². The van der Waals surface area contributed by atoms with Crippen molar-refractivity contribution in [1.82, 2.24) is 4.90 Å². The first-order chi connectivity index (χ1) is 8.95. The minimum atomic E-state index is -0.280. The van der Waals surface area contributed by atoms with E-state index in [1.54, 1.807) is 0 Å². The van der Waals surface area contributed by atoms with Crippen molar-refractivity contribution in [1.29, 1.82) is 0 Å². The van der Waals surface area contributed by atoms with Crippen molar-refractivity contribution < 1.29 is 9.53 Å². The summed E-state index contributed by atoms with van der Waals surface area (Å²) in [6.45, 7) is 6.24. The number of carbonyl (C=O) groups excluding carboxylic acids is 1. The van der Waals surface area contributed by atoms with Crippen LogP contribution in [0.4, 0.5) is 0 Å². The monoisotopic (exact) mass is 261 g/mol. The zero-order valence-electron chi connectivity index (χ0n) is 12.5. The summed E-state index contributed by atoms with van der Waals surface area (Å²) in [5.74, 6) is -0.163. The molecule has 3 nitrogen and oxygen atoms in total. The van der Waals surface area contributed by atoms with Crippen molar-refractivity contribution >= 4 is 5.97 Å². The summed E-state index contributed by atoms with van der Waals surface area (Å²) in [6.07, 6.45) is 2.35. The molecule has 0 radical (unpaired) electrons. The molecule has 1 saturated carbocycles. The van der Waals surface area contributed by atoms with E-state index in [1.165, 1.54) is 36.6 Å². The minimum absolute atomic E-state index is 0.163. The van der Waals surface area contributed by atoms with Crippen LogP contribution in [0, 0.1) is 20.8 Å². The average molecular weight is 261 g/mol. The van der Waals surface area contributed by atoms with E-state index in [1.807, 2.05) is 7.05 Å². The van der Waals surface area contributed by atoms with Gasteiger partial charge in [-0.2, -0.15) is 0 Å². The smallest absolute Gasteiger partial charge is 0.327 e. The van der Waals surface area contributed by atoms with E-state index in [9.17, 15) is 4.79 Å². The quantitative estimate of drug-likeness (QED) is 0.780. The van der Waals surface area contributed by atoms with E-state index in [0.717, 1.165) is 5.56 Å². The van der Waals surface area contributed by atoms with Gasteiger partial charge < -0.3 is 4.74 Å². The molecule has 0 bridgehead atoms. The Morgan fingerprint density at radius 2 is 1.79 bits per heavy atom. The SMILES string of the molecule is COC(=O)C(c1c(C)cc(C)cc1C)N(C)C1CC1. The molecule has 0 aliphatic heterocycles. The lowest BCUT2D eigenvalue weighted by molar-refractivity contribution is -0.147. The molecule has 0 N–H and O–H groups in total. The van der Waals surface area contributed by atoms with Crippen molar-refractivity contribution in [2.45, 2.75) is 45.7 Å². The molecule has 2 rings (SSSR count). The summed E-state index contributed by atoms with van der Waals surface area (Å²) in [5, 5.41) is 0. The van der Waals surface area contributed by atoms with Crippen LogP contribution in [0.2, 0.25) is 0 Å². The van der Waals surface area contributed by atoms with Gasteiger partial charge in [0.05, 0.1) is 7.11 Å². The minimum Gasteiger partial charge on any atom is -0.468 e. The number of hydrogen-bond donors (Lipinski definition) is 0. The van der Waals surface area contributed by atoms with Gasteiger partial charge in [0.15, 0.2) is 0 Å². The lowest BCUT2D eigenvalue weighted by atomic mass is 9.93. The van der Waals surface area contributed by atoms with Crippen molar-refractivity contribution in [3.8, 4) is 0 Å². The van der Waals surface area contributed by atoms with Gasteiger partial charge in [0.1, 0.15) is 6.04 Å². The number of methoxy groups -OCH3 is 1. The highest BCUT2D eigenvalue weighted by atomic mass is 16.5. The Morgan fingerprint density at radius 1 is 1.26 bits per heavy atom. The topological polar surface area (TPSA) is 29.5 Å². The molecular formula is C16H23NO2. The van der Waals surface area contributed by atoms with Gasteiger partial charge >= 0.3 is 5.97 Å². The first-order valence-electron chi connectivity index (χ1n) is 6.83. The lowest BCUT2D eigenvalue weighted by Gasteiger charge is -2.29. The second kappa shape index (κ2) is 5.33. The fourth-order valence-electron chi connectivity index (χ4n) is 2.91. The van der Waals surface area contributed by atoms with Crippen LogP contribution < -0.4 is 0 Å². The largest absolute Gasteiger partial charge is 0.468 e. The number of aryl methyl sites for hydroxylation is 3. The molecule has 1 fully saturated rings. The van der Waals surface area contributed by atoms with Crippen LogP contribution in [0.25, 0.3) is 0 Å². The normalized spacial score (nSPS) is 16.5. The number of rotatable bonds is 4. The molecule has 19 heavy (non-hydrogen) atoms. The molecule has 1 unspecified atom stereocenters. The van der Waals surface area contributed by atoms with Crippen molar-refractivity contribution in [2.75, 3.05) is 14.2 Å². The Kier molecular flexibility index (Phi) is 3.95. The van der Waals surface area contributed by atoms with Crippen LogP contribution in [-0.2, 0) is 9.53 Å². The molecule has 104 valence electrons. The summed E-state index contributed by atoms with van der Waals surface area (Å²) in [5.41, 5.74) is 4.67. The first-order valence-corrected chi connectivity index (χ1v) is 6.83. The van der Waals surface area contributed by atoms with E-state index >= 15 is 0 Å². The molecule has 1 aliphatic carbocycles. The molecule has 0 heterocycles. The molecule has 0 amide bonds. The van der Waals surface area contributed by atoms with Crippen LogP contribution in [-0.4, -0.2) is 31.1 Å². The highest BCUT2D eigenvalue weighted by Crippen LogP contribution is 2.36. The van der Waals surface area contributed by atoms with Crippen LogP contribution in [0.3, 0.4) is 0 Å². The number of carbonyl (C=O) groups is 1. The van der Waals surface area contributed by atoms with Crippen molar-refractivity contribution in [2.24, 2.45) is 0 Å². The fourth-order valence-corrected chi connectivity index (χ4v) is 2.91. The molecule has 0 aromatic heterocycles. The third kappa shape index (κ3) is 2.81. The summed E-state index contributed by atoms with van der Waals surface area (Å²) < 4.78 is 5.03. The average Bonchev–Trinajstić information content (AvgIpc) is 3.15. The van der Waals surface area contributed by atoms with Gasteiger partial charge in [0.2, 0.25) is 0 Å². The van der Waals surface area contributed by atoms with E-state index in [2.05, 4.69) is 37.8 Å². The zero-order valence-corrected chi connectivity index (χ0v) is 12.5. The molecule has 1 aromatic rings. The van der Waals surface area contributed by atoms with Gasteiger partial charge in [-0.1, -0.05) is 17.7 Å². The molecular weight excluding hydrogens is 238 g/mol. The third-order valence-electron chi connectivity index (χ3n) is 3.97. The standard InChI is InChI=1S/C16H23NO2/c1-10-8-11(2)14(12(3)9-10)15(16(18)19-5)17(4)13-6-7-13/h8-9,13,15H,6-7H2,1-5H3.